The summed E-state index contributed by atoms with van der Waals surface area (Å²) in [4.78, 5) is 28.1. The lowest BCUT2D eigenvalue weighted by Crippen LogP contribution is -2.37. The van der Waals surface area contributed by atoms with E-state index >= 15 is 0 Å². The van der Waals surface area contributed by atoms with Gasteiger partial charge in [-0.15, -0.1) is 0 Å². The van der Waals surface area contributed by atoms with Gasteiger partial charge in [0, 0.05) is 35.8 Å². The second-order valence-electron chi connectivity index (χ2n) is 7.24. The second-order valence-corrected chi connectivity index (χ2v) is 7.24. The van der Waals surface area contributed by atoms with Crippen LogP contribution in [0.4, 0.5) is 0 Å². The summed E-state index contributed by atoms with van der Waals surface area (Å²) in [5, 5.41) is 7.04. The van der Waals surface area contributed by atoms with Crippen molar-refractivity contribution in [2.45, 2.75) is 31.7 Å². The highest BCUT2D eigenvalue weighted by molar-refractivity contribution is 5.99. The zero-order chi connectivity index (χ0) is 18.8. The topological polar surface area (TPSA) is 74.0 Å². The van der Waals surface area contributed by atoms with E-state index in [9.17, 15) is 9.59 Å². The summed E-state index contributed by atoms with van der Waals surface area (Å²) in [5.41, 5.74) is 3.79. The highest BCUT2D eigenvalue weighted by Gasteiger charge is 2.26. The Balaban J connectivity index is 1.53. The number of carbonyl (C=O) groups is 2. The normalized spacial score (nSPS) is 20.1. The molecule has 1 aliphatic rings. The minimum atomic E-state index is -0.197. The third-order valence-corrected chi connectivity index (χ3v) is 5.26. The van der Waals surface area contributed by atoms with Crippen molar-refractivity contribution >= 4 is 22.7 Å². The minimum Gasteiger partial charge on any atom is -0.355 e. The highest BCUT2D eigenvalue weighted by atomic mass is 16.2. The van der Waals surface area contributed by atoms with Gasteiger partial charge in [0.1, 0.15) is 5.69 Å². The molecule has 5 nitrogen and oxygen atoms in total. The summed E-state index contributed by atoms with van der Waals surface area (Å²) in [6.07, 6.45) is 1.03. The number of amides is 2. The molecule has 1 aromatic heterocycles. The third-order valence-electron chi connectivity index (χ3n) is 5.26. The molecule has 27 heavy (non-hydrogen) atoms. The van der Waals surface area contributed by atoms with Crippen LogP contribution < -0.4 is 10.6 Å². The molecule has 2 amide bonds. The molecule has 3 aromatic rings. The Kier molecular flexibility index (Phi) is 4.67. The zero-order valence-corrected chi connectivity index (χ0v) is 15.3. The lowest BCUT2D eigenvalue weighted by atomic mass is 9.92. The number of hydrogen-bond donors (Lipinski definition) is 3. The number of carbonyl (C=O) groups excluding carboxylic acids is 2. The summed E-state index contributed by atoms with van der Waals surface area (Å²) >= 11 is 0. The van der Waals surface area contributed by atoms with Gasteiger partial charge in [-0.25, -0.2) is 0 Å². The maximum atomic E-state index is 12.8. The van der Waals surface area contributed by atoms with E-state index in [1.54, 1.807) is 0 Å². The molecule has 2 heterocycles. The molecule has 2 aromatic carbocycles. The molecule has 138 valence electrons. The van der Waals surface area contributed by atoms with Crippen molar-refractivity contribution in [2.75, 3.05) is 6.54 Å². The average molecular weight is 361 g/mol. The Morgan fingerprint density at radius 3 is 2.70 bits per heavy atom. The van der Waals surface area contributed by atoms with Crippen molar-refractivity contribution in [3.05, 3.63) is 71.4 Å². The van der Waals surface area contributed by atoms with Gasteiger partial charge >= 0.3 is 0 Å². The van der Waals surface area contributed by atoms with Crippen LogP contribution in [0.5, 0.6) is 0 Å². The summed E-state index contributed by atoms with van der Waals surface area (Å²) < 4.78 is 0. The van der Waals surface area contributed by atoms with Gasteiger partial charge in [0.25, 0.3) is 5.91 Å². The predicted molar refractivity (Wildman–Crippen MR) is 106 cm³/mol. The van der Waals surface area contributed by atoms with Gasteiger partial charge in [0.15, 0.2) is 0 Å². The van der Waals surface area contributed by atoms with E-state index in [1.807, 2.05) is 49.4 Å². The van der Waals surface area contributed by atoms with E-state index in [0.717, 1.165) is 22.9 Å². The molecule has 5 heteroatoms. The first kappa shape index (κ1) is 17.3. The van der Waals surface area contributed by atoms with Gasteiger partial charge < -0.3 is 15.6 Å². The van der Waals surface area contributed by atoms with Crippen LogP contribution in [0.1, 0.15) is 40.4 Å². The molecule has 0 aliphatic carbocycles. The van der Waals surface area contributed by atoms with Crippen molar-refractivity contribution in [3.8, 4) is 0 Å². The van der Waals surface area contributed by atoms with Crippen LogP contribution in [-0.2, 0) is 4.79 Å². The van der Waals surface area contributed by atoms with Crippen LogP contribution in [0.2, 0.25) is 0 Å². The van der Waals surface area contributed by atoms with Crippen LogP contribution in [0.25, 0.3) is 10.9 Å². The van der Waals surface area contributed by atoms with E-state index in [1.165, 1.54) is 5.56 Å². The van der Waals surface area contributed by atoms with Gasteiger partial charge in [-0.2, -0.15) is 0 Å². The first-order chi connectivity index (χ1) is 13.1. The first-order valence-electron chi connectivity index (χ1n) is 9.31. The molecule has 2 atom stereocenters. The molecule has 3 N–H and O–H groups in total. The number of aryl methyl sites for hydroxylation is 1. The van der Waals surface area contributed by atoms with Crippen molar-refractivity contribution in [3.63, 3.8) is 0 Å². The van der Waals surface area contributed by atoms with Crippen LogP contribution in [0, 0.1) is 6.92 Å². The Labute approximate surface area is 158 Å². The van der Waals surface area contributed by atoms with Crippen molar-refractivity contribution in [1.29, 1.82) is 0 Å². The molecule has 1 saturated heterocycles. The van der Waals surface area contributed by atoms with Crippen LogP contribution >= 0.6 is 0 Å². The van der Waals surface area contributed by atoms with E-state index in [4.69, 9.17) is 0 Å². The molecule has 2 unspecified atom stereocenters. The molecule has 4 rings (SSSR count). The number of hydrogen-bond acceptors (Lipinski definition) is 2. The molecule has 0 saturated carbocycles. The fourth-order valence-electron chi connectivity index (χ4n) is 3.83. The van der Waals surface area contributed by atoms with E-state index in [2.05, 4.69) is 27.8 Å². The maximum Gasteiger partial charge on any atom is 0.267 e. The van der Waals surface area contributed by atoms with Gasteiger partial charge in [0.05, 0.1) is 0 Å². The van der Waals surface area contributed by atoms with Crippen LogP contribution in [0.15, 0.2) is 54.6 Å². The smallest absolute Gasteiger partial charge is 0.267 e. The summed E-state index contributed by atoms with van der Waals surface area (Å²) in [6, 6.07) is 17.8. The monoisotopic (exact) mass is 361 g/mol. The summed E-state index contributed by atoms with van der Waals surface area (Å²) in [5.74, 6) is -0.00348. The van der Waals surface area contributed by atoms with Gasteiger partial charge in [-0.05, 0) is 30.5 Å². The number of nitrogens with one attached hydrogen (secondary N) is 3. The fourth-order valence-corrected chi connectivity index (χ4v) is 3.83. The SMILES string of the molecule is Cc1cccc2cc(C(=O)NC3CC(=O)NCC(c4ccccc4)C3)[nH]c12. The Bertz CT molecular complexity index is 978. The number of benzene rings is 2. The molecule has 1 aliphatic heterocycles. The number of para-hydroxylation sites is 1. The van der Waals surface area contributed by atoms with E-state index < -0.39 is 0 Å². The lowest BCUT2D eigenvalue weighted by Gasteiger charge is -2.20. The first-order valence-corrected chi connectivity index (χ1v) is 9.31. The average Bonchev–Trinajstić information content (AvgIpc) is 3.03. The number of H-pyrrole nitrogens is 1. The Hall–Kier alpha value is -3.08. The van der Waals surface area contributed by atoms with Crippen molar-refractivity contribution < 1.29 is 9.59 Å². The maximum absolute atomic E-state index is 12.8. The van der Waals surface area contributed by atoms with Gasteiger partial charge in [0.2, 0.25) is 5.91 Å². The number of aromatic nitrogens is 1. The largest absolute Gasteiger partial charge is 0.355 e. The molecule has 1 fully saturated rings. The lowest BCUT2D eigenvalue weighted by molar-refractivity contribution is -0.121. The molecule has 0 radical (unpaired) electrons. The standard InChI is InChI=1S/C22H23N3O2/c1-14-6-5-9-16-11-19(25-21(14)16)22(27)24-18-10-17(13-23-20(26)12-18)15-7-3-2-4-8-15/h2-9,11,17-18,25H,10,12-13H2,1H3,(H,23,26)(H,24,27). The third kappa shape index (κ3) is 3.72. The van der Waals surface area contributed by atoms with E-state index in [-0.39, 0.29) is 23.8 Å². The fraction of sp³-hybridized carbons (Fsp3) is 0.273. The van der Waals surface area contributed by atoms with Crippen molar-refractivity contribution in [1.82, 2.24) is 15.6 Å². The number of fused-ring (bicyclic) bond motifs is 1. The van der Waals surface area contributed by atoms with Gasteiger partial charge in [-0.1, -0.05) is 48.5 Å². The van der Waals surface area contributed by atoms with Gasteiger partial charge in [-0.3, -0.25) is 9.59 Å². The minimum absolute atomic E-state index is 0.0220. The summed E-state index contributed by atoms with van der Waals surface area (Å²) in [7, 11) is 0. The molecular weight excluding hydrogens is 338 g/mol. The zero-order valence-electron chi connectivity index (χ0n) is 15.3. The molecule has 0 spiro atoms. The van der Waals surface area contributed by atoms with Crippen LogP contribution in [0.3, 0.4) is 0 Å². The van der Waals surface area contributed by atoms with E-state index in [0.29, 0.717) is 18.7 Å². The quantitative estimate of drug-likeness (QED) is 0.670. The Morgan fingerprint density at radius 1 is 1.11 bits per heavy atom. The number of aromatic amines is 1. The second kappa shape index (κ2) is 7.27. The van der Waals surface area contributed by atoms with Crippen LogP contribution in [-0.4, -0.2) is 29.4 Å². The molecular formula is C22H23N3O2. The number of rotatable bonds is 3. The highest BCUT2D eigenvalue weighted by Crippen LogP contribution is 2.24. The Morgan fingerprint density at radius 2 is 1.93 bits per heavy atom. The van der Waals surface area contributed by atoms with Crippen molar-refractivity contribution in [2.24, 2.45) is 0 Å². The summed E-state index contributed by atoms with van der Waals surface area (Å²) in [6.45, 7) is 2.61. The predicted octanol–water partition coefficient (Wildman–Crippen LogP) is 3.27. The molecule has 0 bridgehead atoms.